The van der Waals surface area contributed by atoms with Crippen molar-refractivity contribution in [1.29, 1.82) is 0 Å². The second kappa shape index (κ2) is 11.3. The van der Waals surface area contributed by atoms with Gasteiger partial charge in [-0.2, -0.15) is 0 Å². The summed E-state index contributed by atoms with van der Waals surface area (Å²) < 4.78 is 0. The summed E-state index contributed by atoms with van der Waals surface area (Å²) >= 11 is 0. The average Bonchev–Trinajstić information content (AvgIpc) is 3.14. The van der Waals surface area contributed by atoms with Gasteiger partial charge in [-0.15, -0.1) is 0 Å². The lowest BCUT2D eigenvalue weighted by Crippen LogP contribution is -2.42. The predicted octanol–water partition coefficient (Wildman–Crippen LogP) is 8.61. The molecule has 1 aromatic rings. The van der Waals surface area contributed by atoms with Crippen LogP contribution in [-0.2, 0) is 11.2 Å². The molecule has 0 bridgehead atoms. The molecule has 1 aromatic carbocycles. The van der Waals surface area contributed by atoms with Crippen molar-refractivity contribution in [3.63, 3.8) is 0 Å². The van der Waals surface area contributed by atoms with E-state index < -0.39 is 0 Å². The van der Waals surface area contributed by atoms with Gasteiger partial charge < -0.3 is 0 Å². The molecule has 0 radical (unpaired) electrons. The Hall–Kier alpha value is -1.44. The van der Waals surface area contributed by atoms with Crippen molar-refractivity contribution < 1.29 is 9.59 Å². The minimum absolute atomic E-state index is 0.0679. The molecule has 33 heavy (non-hydrogen) atoms. The molecule has 2 heteroatoms. The van der Waals surface area contributed by atoms with Gasteiger partial charge in [-0.05, 0) is 73.5 Å². The molecule has 0 N–H and O–H groups in total. The molecule has 0 spiro atoms. The number of hydrogen-bond acceptors (Lipinski definition) is 2. The summed E-state index contributed by atoms with van der Waals surface area (Å²) in [5.41, 5.74) is 3.77. The van der Waals surface area contributed by atoms with E-state index in [1.54, 1.807) is 0 Å². The molecule has 182 valence electrons. The van der Waals surface area contributed by atoms with E-state index in [-0.39, 0.29) is 5.41 Å². The molecule has 3 aliphatic carbocycles. The molecule has 3 aliphatic rings. The van der Waals surface area contributed by atoms with Crippen molar-refractivity contribution in [3.05, 3.63) is 34.9 Å². The summed E-state index contributed by atoms with van der Waals surface area (Å²) in [6.07, 6.45) is 20.1. The van der Waals surface area contributed by atoms with Crippen molar-refractivity contribution in [1.82, 2.24) is 0 Å². The number of carbonyl (C=O) groups excluding carboxylic acids is 2. The topological polar surface area (TPSA) is 34.1 Å². The SMILES string of the molecule is CCCCCCCCCCCCC(=O)c1ccc2c(c1)[C@H]1CC[C@]3(C)C(=O)CC[C@H]3[C@@H]1CC2. The third-order valence-corrected chi connectivity index (χ3v) is 9.52. The van der Waals surface area contributed by atoms with E-state index in [0.29, 0.717) is 35.7 Å². The summed E-state index contributed by atoms with van der Waals surface area (Å²) in [5.74, 6) is 2.59. The van der Waals surface area contributed by atoms with Crippen molar-refractivity contribution in [2.24, 2.45) is 17.3 Å². The van der Waals surface area contributed by atoms with Gasteiger partial charge in [0.1, 0.15) is 5.78 Å². The Morgan fingerprint density at radius 2 is 1.61 bits per heavy atom. The van der Waals surface area contributed by atoms with Crippen LogP contribution in [0.15, 0.2) is 18.2 Å². The van der Waals surface area contributed by atoms with E-state index in [2.05, 4.69) is 32.0 Å². The molecule has 0 aromatic heterocycles. The van der Waals surface area contributed by atoms with Crippen molar-refractivity contribution >= 4 is 11.6 Å². The maximum Gasteiger partial charge on any atom is 0.162 e. The first-order valence-corrected chi connectivity index (χ1v) is 14.2. The van der Waals surface area contributed by atoms with E-state index in [1.165, 1.54) is 75.3 Å². The Labute approximate surface area is 202 Å². The highest BCUT2D eigenvalue weighted by Crippen LogP contribution is 2.59. The first kappa shape index (κ1) is 24.7. The third kappa shape index (κ3) is 5.46. The molecule has 0 unspecified atom stereocenters. The summed E-state index contributed by atoms with van der Waals surface area (Å²) in [4.78, 5) is 25.5. The van der Waals surface area contributed by atoms with E-state index in [1.807, 2.05) is 0 Å². The number of fused-ring (bicyclic) bond motifs is 5. The summed E-state index contributed by atoms with van der Waals surface area (Å²) in [7, 11) is 0. The van der Waals surface area contributed by atoms with Gasteiger partial charge >= 0.3 is 0 Å². The molecular formula is C31H46O2. The van der Waals surface area contributed by atoms with Gasteiger partial charge in [-0.25, -0.2) is 0 Å². The Bertz CT molecular complexity index is 824. The van der Waals surface area contributed by atoms with E-state index in [9.17, 15) is 9.59 Å². The molecule has 2 nitrogen and oxygen atoms in total. The van der Waals surface area contributed by atoms with Gasteiger partial charge in [0.15, 0.2) is 5.78 Å². The molecule has 2 fully saturated rings. The normalized spacial score (nSPS) is 28.3. The predicted molar refractivity (Wildman–Crippen MR) is 137 cm³/mol. The minimum Gasteiger partial charge on any atom is -0.299 e. The zero-order valence-electron chi connectivity index (χ0n) is 21.3. The molecule has 2 saturated carbocycles. The van der Waals surface area contributed by atoms with Crippen LogP contribution in [0.2, 0.25) is 0 Å². The molecule has 0 aliphatic heterocycles. The molecule has 4 rings (SSSR count). The number of benzene rings is 1. The highest BCUT2D eigenvalue weighted by atomic mass is 16.1. The Balaban J connectivity index is 1.26. The third-order valence-electron chi connectivity index (χ3n) is 9.52. The first-order valence-electron chi connectivity index (χ1n) is 14.2. The fourth-order valence-corrected chi connectivity index (χ4v) is 7.43. The first-order chi connectivity index (χ1) is 16.0. The van der Waals surface area contributed by atoms with Crippen LogP contribution in [-0.4, -0.2) is 11.6 Å². The van der Waals surface area contributed by atoms with Crippen LogP contribution in [0.5, 0.6) is 0 Å². The quantitative estimate of drug-likeness (QED) is 0.236. The Kier molecular flexibility index (Phi) is 8.47. The fourth-order valence-electron chi connectivity index (χ4n) is 7.43. The molecular weight excluding hydrogens is 404 g/mol. The van der Waals surface area contributed by atoms with Crippen LogP contribution >= 0.6 is 0 Å². The standard InChI is InChI=1S/C31H46O2/c1-3-4-5-6-7-8-9-10-11-12-13-29(32)24-15-14-23-16-17-26-25(27(23)22-24)20-21-31(2)28(26)18-19-30(31)33/h14-15,22,25-26,28H,3-13,16-21H2,1-2H3/t25-,26+,28-,31-/m0/s1. The van der Waals surface area contributed by atoms with Gasteiger partial charge in [-0.1, -0.05) is 83.8 Å². The molecule has 0 amide bonds. The average molecular weight is 451 g/mol. The lowest BCUT2D eigenvalue weighted by Gasteiger charge is -2.48. The maximum absolute atomic E-state index is 13.0. The molecule has 4 atom stereocenters. The second-order valence-corrected chi connectivity index (χ2v) is 11.6. The summed E-state index contributed by atoms with van der Waals surface area (Å²) in [5, 5.41) is 0. The monoisotopic (exact) mass is 450 g/mol. The summed E-state index contributed by atoms with van der Waals surface area (Å²) in [6, 6.07) is 6.58. The van der Waals surface area contributed by atoms with Crippen molar-refractivity contribution in [3.8, 4) is 0 Å². The number of Topliss-reactive ketones (excluding diaryl/α,β-unsaturated/α-hetero) is 2. The minimum atomic E-state index is -0.0679. The molecule has 0 saturated heterocycles. The number of carbonyl (C=O) groups is 2. The van der Waals surface area contributed by atoms with E-state index in [4.69, 9.17) is 0 Å². The largest absolute Gasteiger partial charge is 0.299 e. The smallest absolute Gasteiger partial charge is 0.162 e. The van der Waals surface area contributed by atoms with Gasteiger partial charge in [-0.3, -0.25) is 9.59 Å². The zero-order valence-corrected chi connectivity index (χ0v) is 21.3. The molecule has 0 heterocycles. The number of hydrogen-bond donors (Lipinski definition) is 0. The lowest BCUT2D eigenvalue weighted by atomic mass is 9.55. The van der Waals surface area contributed by atoms with Gasteiger partial charge in [0.25, 0.3) is 0 Å². The Morgan fingerprint density at radius 1 is 0.909 bits per heavy atom. The van der Waals surface area contributed by atoms with Crippen LogP contribution in [0.3, 0.4) is 0 Å². The van der Waals surface area contributed by atoms with Crippen molar-refractivity contribution in [2.45, 2.75) is 129 Å². The second-order valence-electron chi connectivity index (χ2n) is 11.6. The van der Waals surface area contributed by atoms with E-state index in [0.717, 1.165) is 44.1 Å². The van der Waals surface area contributed by atoms with E-state index >= 15 is 0 Å². The highest BCUT2D eigenvalue weighted by Gasteiger charge is 2.54. The van der Waals surface area contributed by atoms with Crippen molar-refractivity contribution in [2.75, 3.05) is 0 Å². The number of rotatable bonds is 12. The van der Waals surface area contributed by atoms with Gasteiger partial charge in [0, 0.05) is 23.8 Å². The number of aryl methyl sites for hydroxylation is 1. The maximum atomic E-state index is 13.0. The van der Waals surface area contributed by atoms with Gasteiger partial charge in [0.2, 0.25) is 0 Å². The van der Waals surface area contributed by atoms with Crippen LogP contribution in [0.1, 0.15) is 144 Å². The Morgan fingerprint density at radius 3 is 2.33 bits per heavy atom. The highest BCUT2D eigenvalue weighted by molar-refractivity contribution is 5.96. The lowest BCUT2D eigenvalue weighted by molar-refractivity contribution is -0.129. The summed E-state index contributed by atoms with van der Waals surface area (Å²) in [6.45, 7) is 4.51. The number of unbranched alkanes of at least 4 members (excludes halogenated alkanes) is 9. The van der Waals surface area contributed by atoms with Crippen LogP contribution in [0, 0.1) is 17.3 Å². The van der Waals surface area contributed by atoms with Crippen LogP contribution in [0.25, 0.3) is 0 Å². The zero-order chi connectivity index (χ0) is 23.3. The van der Waals surface area contributed by atoms with Crippen LogP contribution < -0.4 is 0 Å². The van der Waals surface area contributed by atoms with Gasteiger partial charge in [0.05, 0.1) is 0 Å². The van der Waals surface area contributed by atoms with Crippen LogP contribution in [0.4, 0.5) is 0 Å². The number of ketones is 2. The fraction of sp³-hybridized carbons (Fsp3) is 0.742.